The second-order valence-corrected chi connectivity index (χ2v) is 5.12. The number of nitrogens with zero attached hydrogens (tertiary/aromatic N) is 3. The van der Waals surface area contributed by atoms with Crippen LogP contribution in [0, 0.1) is 0 Å². The van der Waals surface area contributed by atoms with Gasteiger partial charge in [-0.2, -0.15) is 5.10 Å². The predicted molar refractivity (Wildman–Crippen MR) is 80.0 cm³/mol. The highest BCUT2D eigenvalue weighted by Crippen LogP contribution is 2.19. The first-order chi connectivity index (χ1) is 9.74. The van der Waals surface area contributed by atoms with E-state index in [1.807, 2.05) is 36.4 Å². The zero-order chi connectivity index (χ0) is 13.9. The van der Waals surface area contributed by atoms with Crippen molar-refractivity contribution in [3.05, 3.63) is 46.8 Å². The summed E-state index contributed by atoms with van der Waals surface area (Å²) in [7, 11) is 2.10. The Labute approximate surface area is 117 Å². The van der Waals surface area contributed by atoms with Gasteiger partial charge in [-0.3, -0.25) is 4.79 Å². The number of aromatic nitrogens is 2. The Hall–Kier alpha value is -2.14. The zero-order valence-electron chi connectivity index (χ0n) is 11.5. The highest BCUT2D eigenvalue weighted by atomic mass is 16.1. The Morgan fingerprint density at radius 1 is 1.10 bits per heavy atom. The fourth-order valence-electron chi connectivity index (χ4n) is 2.43. The van der Waals surface area contributed by atoms with E-state index in [1.54, 1.807) is 0 Å². The van der Waals surface area contributed by atoms with Crippen molar-refractivity contribution in [1.29, 1.82) is 0 Å². The minimum atomic E-state index is -0.116. The van der Waals surface area contributed by atoms with Gasteiger partial charge in [-0.15, -0.1) is 0 Å². The van der Waals surface area contributed by atoms with Gasteiger partial charge >= 0.3 is 0 Å². The SMILES string of the molecule is CN1CCN(c2cc(-c3ccccc3)n[nH]c2=O)CC1. The molecule has 0 unspecified atom stereocenters. The van der Waals surface area contributed by atoms with Crippen LogP contribution in [0.3, 0.4) is 0 Å². The highest BCUT2D eigenvalue weighted by Gasteiger charge is 2.17. The van der Waals surface area contributed by atoms with Crippen LogP contribution in [0.15, 0.2) is 41.2 Å². The second-order valence-electron chi connectivity index (χ2n) is 5.12. The Bertz CT molecular complexity index is 630. The average Bonchev–Trinajstić information content (AvgIpc) is 2.50. The standard InChI is InChI=1S/C15H18N4O/c1-18-7-9-19(10-8-18)14-11-13(16-17-15(14)20)12-5-3-2-4-6-12/h2-6,11H,7-10H2,1H3,(H,17,20). The Kier molecular flexibility index (Phi) is 3.52. The molecule has 1 fully saturated rings. The fraction of sp³-hybridized carbons (Fsp3) is 0.333. The molecule has 0 atom stereocenters. The Balaban J connectivity index is 1.93. The van der Waals surface area contributed by atoms with E-state index in [0.717, 1.165) is 37.4 Å². The van der Waals surface area contributed by atoms with Gasteiger partial charge in [-0.25, -0.2) is 5.10 Å². The van der Waals surface area contributed by atoms with Gasteiger partial charge in [0.2, 0.25) is 0 Å². The van der Waals surface area contributed by atoms with E-state index in [4.69, 9.17) is 0 Å². The van der Waals surface area contributed by atoms with Crippen LogP contribution in [0.5, 0.6) is 0 Å². The predicted octanol–water partition coefficient (Wildman–Crippen LogP) is 1.19. The van der Waals surface area contributed by atoms with Crippen molar-refractivity contribution < 1.29 is 0 Å². The van der Waals surface area contributed by atoms with Crippen molar-refractivity contribution in [3.8, 4) is 11.3 Å². The minimum Gasteiger partial charge on any atom is -0.364 e. The Morgan fingerprint density at radius 2 is 1.80 bits per heavy atom. The number of anilines is 1. The lowest BCUT2D eigenvalue weighted by Gasteiger charge is -2.33. The van der Waals surface area contributed by atoms with E-state index in [2.05, 4.69) is 27.0 Å². The smallest absolute Gasteiger partial charge is 0.287 e. The van der Waals surface area contributed by atoms with Crippen molar-refractivity contribution in [2.75, 3.05) is 38.1 Å². The molecule has 2 heterocycles. The molecule has 1 aromatic carbocycles. The second kappa shape index (κ2) is 5.46. The van der Waals surface area contributed by atoms with Gasteiger partial charge < -0.3 is 9.80 Å². The molecule has 0 amide bonds. The summed E-state index contributed by atoms with van der Waals surface area (Å²) >= 11 is 0. The summed E-state index contributed by atoms with van der Waals surface area (Å²) in [5.41, 5.74) is 2.42. The van der Waals surface area contributed by atoms with Gasteiger partial charge in [0.25, 0.3) is 5.56 Å². The zero-order valence-corrected chi connectivity index (χ0v) is 11.5. The van der Waals surface area contributed by atoms with Crippen molar-refractivity contribution in [2.45, 2.75) is 0 Å². The molecule has 1 aliphatic rings. The van der Waals surface area contributed by atoms with Gasteiger partial charge in [0.1, 0.15) is 5.69 Å². The summed E-state index contributed by atoms with van der Waals surface area (Å²) in [5.74, 6) is 0. The molecule has 5 nitrogen and oxygen atoms in total. The van der Waals surface area contributed by atoms with Crippen LogP contribution in [0.2, 0.25) is 0 Å². The van der Waals surface area contributed by atoms with Crippen LogP contribution in [-0.4, -0.2) is 48.3 Å². The summed E-state index contributed by atoms with van der Waals surface area (Å²) in [6.45, 7) is 3.69. The van der Waals surface area contributed by atoms with Crippen LogP contribution >= 0.6 is 0 Å². The minimum absolute atomic E-state index is 0.116. The summed E-state index contributed by atoms with van der Waals surface area (Å²) < 4.78 is 0. The molecule has 1 aliphatic heterocycles. The molecule has 0 spiro atoms. The van der Waals surface area contributed by atoms with Crippen LogP contribution in [0.25, 0.3) is 11.3 Å². The molecule has 1 aromatic heterocycles. The number of benzene rings is 1. The van der Waals surface area contributed by atoms with E-state index >= 15 is 0 Å². The largest absolute Gasteiger partial charge is 0.364 e. The molecule has 2 aromatic rings. The van der Waals surface area contributed by atoms with Gasteiger partial charge in [-0.05, 0) is 13.1 Å². The number of likely N-dealkylation sites (N-methyl/N-ethyl adjacent to an activating group) is 1. The molecule has 20 heavy (non-hydrogen) atoms. The van der Waals surface area contributed by atoms with Gasteiger partial charge in [0.05, 0.1) is 5.69 Å². The molecule has 5 heteroatoms. The quantitative estimate of drug-likeness (QED) is 0.890. The first kappa shape index (κ1) is 12.9. The number of nitrogens with one attached hydrogen (secondary N) is 1. The number of hydrogen-bond donors (Lipinski definition) is 1. The summed E-state index contributed by atoms with van der Waals surface area (Å²) in [6, 6.07) is 11.8. The van der Waals surface area contributed by atoms with E-state index < -0.39 is 0 Å². The first-order valence-electron chi connectivity index (χ1n) is 6.83. The van der Waals surface area contributed by atoms with Gasteiger partial charge in [0, 0.05) is 31.7 Å². The summed E-state index contributed by atoms with van der Waals surface area (Å²) in [4.78, 5) is 16.4. The number of H-pyrrole nitrogens is 1. The maximum Gasteiger partial charge on any atom is 0.287 e. The first-order valence-corrected chi connectivity index (χ1v) is 6.83. The van der Waals surface area contributed by atoms with Crippen LogP contribution in [0.1, 0.15) is 0 Å². The van der Waals surface area contributed by atoms with Crippen molar-refractivity contribution in [1.82, 2.24) is 15.1 Å². The average molecular weight is 270 g/mol. The molecule has 0 radical (unpaired) electrons. The van der Waals surface area contributed by atoms with Crippen molar-refractivity contribution in [3.63, 3.8) is 0 Å². The van der Waals surface area contributed by atoms with E-state index in [9.17, 15) is 4.79 Å². The molecule has 104 valence electrons. The van der Waals surface area contributed by atoms with E-state index in [1.165, 1.54) is 0 Å². The monoisotopic (exact) mass is 270 g/mol. The summed E-state index contributed by atoms with van der Waals surface area (Å²) in [5, 5.41) is 6.76. The lowest BCUT2D eigenvalue weighted by atomic mass is 10.1. The third kappa shape index (κ3) is 2.58. The maximum absolute atomic E-state index is 12.0. The lowest BCUT2D eigenvalue weighted by Crippen LogP contribution is -2.46. The number of piperazine rings is 1. The van der Waals surface area contributed by atoms with Gasteiger partial charge in [0.15, 0.2) is 0 Å². The van der Waals surface area contributed by atoms with E-state index in [-0.39, 0.29) is 5.56 Å². The number of rotatable bonds is 2. The molecule has 3 rings (SSSR count). The summed E-state index contributed by atoms with van der Waals surface area (Å²) in [6.07, 6.45) is 0. The highest BCUT2D eigenvalue weighted by molar-refractivity contribution is 5.63. The van der Waals surface area contributed by atoms with Crippen molar-refractivity contribution >= 4 is 5.69 Å². The fourth-order valence-corrected chi connectivity index (χ4v) is 2.43. The molecule has 0 saturated carbocycles. The molecule has 1 saturated heterocycles. The number of hydrogen-bond acceptors (Lipinski definition) is 4. The van der Waals surface area contributed by atoms with Crippen LogP contribution in [-0.2, 0) is 0 Å². The van der Waals surface area contributed by atoms with Crippen molar-refractivity contribution in [2.24, 2.45) is 0 Å². The lowest BCUT2D eigenvalue weighted by molar-refractivity contribution is 0.312. The normalized spacial score (nSPS) is 16.4. The molecule has 1 N–H and O–H groups in total. The van der Waals surface area contributed by atoms with Crippen LogP contribution in [0.4, 0.5) is 5.69 Å². The molecular weight excluding hydrogens is 252 g/mol. The third-order valence-electron chi connectivity index (χ3n) is 3.70. The van der Waals surface area contributed by atoms with Crippen LogP contribution < -0.4 is 10.5 Å². The topological polar surface area (TPSA) is 52.2 Å². The Morgan fingerprint density at radius 3 is 2.50 bits per heavy atom. The maximum atomic E-state index is 12.0. The van der Waals surface area contributed by atoms with E-state index in [0.29, 0.717) is 5.69 Å². The molecule has 0 bridgehead atoms. The molecule has 0 aliphatic carbocycles. The number of aromatic amines is 1. The molecular formula is C15H18N4O. The van der Waals surface area contributed by atoms with Gasteiger partial charge in [-0.1, -0.05) is 30.3 Å². The third-order valence-corrected chi connectivity index (χ3v) is 3.70.